The van der Waals surface area contributed by atoms with Crippen LogP contribution in [-0.2, 0) is 27.5 Å². The molecule has 1 unspecified atom stereocenters. The molecule has 4 nitrogen and oxygen atoms in total. The maximum atomic E-state index is 14.5. The number of amides is 1. The Bertz CT molecular complexity index is 1450. The Morgan fingerprint density at radius 3 is 2.39 bits per heavy atom. The Morgan fingerprint density at radius 2 is 1.69 bits per heavy atom. The molecule has 1 saturated carbocycles. The van der Waals surface area contributed by atoms with Gasteiger partial charge in [-0.05, 0) is 84.0 Å². The maximum absolute atomic E-state index is 14.5. The van der Waals surface area contributed by atoms with E-state index in [-0.39, 0.29) is 16.2 Å². The van der Waals surface area contributed by atoms with Crippen LogP contribution in [0.4, 0.5) is 17.6 Å². The quantitative estimate of drug-likeness (QED) is 0.421. The molecule has 9 heteroatoms. The second-order valence-corrected chi connectivity index (χ2v) is 11.2. The highest BCUT2D eigenvalue weighted by atomic mass is 32.2. The highest BCUT2D eigenvalue weighted by Gasteiger charge is 2.40. The molecule has 0 heterocycles. The van der Waals surface area contributed by atoms with Crippen LogP contribution in [0.25, 0.3) is 0 Å². The molecule has 0 saturated heterocycles. The molecular formula is C27H23F4NO3S. The smallest absolute Gasteiger partial charge is 0.341 e. The molecule has 2 aliphatic carbocycles. The summed E-state index contributed by atoms with van der Waals surface area (Å²) in [4.78, 5) is 11.1. The van der Waals surface area contributed by atoms with E-state index in [0.29, 0.717) is 29.9 Å². The Morgan fingerprint density at radius 1 is 0.944 bits per heavy atom. The lowest BCUT2D eigenvalue weighted by atomic mass is 9.98. The van der Waals surface area contributed by atoms with Crippen LogP contribution in [0, 0.1) is 5.82 Å². The van der Waals surface area contributed by atoms with Crippen molar-refractivity contribution in [1.29, 1.82) is 0 Å². The molecule has 2 aliphatic rings. The molecule has 0 radical (unpaired) electrons. The topological polar surface area (TPSA) is 63.2 Å². The van der Waals surface area contributed by atoms with Gasteiger partial charge in [0.25, 0.3) is 0 Å². The van der Waals surface area contributed by atoms with E-state index in [1.807, 2.05) is 17.4 Å². The number of hydrogen-bond acceptors (Lipinski definition) is 3. The van der Waals surface area contributed by atoms with Gasteiger partial charge in [-0.25, -0.2) is 12.8 Å². The first-order valence-electron chi connectivity index (χ1n) is 11.7. The normalized spacial score (nSPS) is 17.6. The summed E-state index contributed by atoms with van der Waals surface area (Å²) in [7, 11) is -4.13. The highest BCUT2D eigenvalue weighted by molar-refractivity contribution is 7.91. The molecule has 36 heavy (non-hydrogen) atoms. The van der Waals surface area contributed by atoms with Crippen molar-refractivity contribution in [3.8, 4) is 0 Å². The largest absolute Gasteiger partial charge is 0.471 e. The summed E-state index contributed by atoms with van der Waals surface area (Å²) in [5.41, 5.74) is 3.64. The highest BCUT2D eigenvalue weighted by Crippen LogP contribution is 2.42. The summed E-state index contributed by atoms with van der Waals surface area (Å²) in [6, 6.07) is 15.1. The second-order valence-electron chi connectivity index (χ2n) is 9.35. The van der Waals surface area contributed by atoms with Crippen LogP contribution in [0.2, 0.25) is 0 Å². The number of halogens is 4. The maximum Gasteiger partial charge on any atom is 0.471 e. The van der Waals surface area contributed by atoms with Crippen molar-refractivity contribution >= 4 is 15.7 Å². The number of alkyl halides is 3. The molecule has 3 aromatic carbocycles. The van der Waals surface area contributed by atoms with Gasteiger partial charge in [-0.1, -0.05) is 42.5 Å². The molecule has 188 valence electrons. The van der Waals surface area contributed by atoms with E-state index >= 15 is 0 Å². The first-order chi connectivity index (χ1) is 17.0. The third-order valence-corrected chi connectivity index (χ3v) is 8.67. The summed E-state index contributed by atoms with van der Waals surface area (Å²) in [5, 5.41) is 2.04. The average Bonchev–Trinajstić information content (AvgIpc) is 3.60. The molecule has 0 spiro atoms. The first kappa shape index (κ1) is 24.5. The molecule has 1 N–H and O–H groups in total. The van der Waals surface area contributed by atoms with Crippen molar-refractivity contribution < 1.29 is 30.8 Å². The predicted molar refractivity (Wildman–Crippen MR) is 125 cm³/mol. The zero-order valence-corrected chi connectivity index (χ0v) is 19.9. The second kappa shape index (κ2) is 9.03. The molecule has 0 aromatic heterocycles. The summed E-state index contributed by atoms with van der Waals surface area (Å²) >= 11 is 0. The van der Waals surface area contributed by atoms with Gasteiger partial charge in [-0.15, -0.1) is 0 Å². The van der Waals surface area contributed by atoms with Crippen LogP contribution in [-0.4, -0.2) is 20.5 Å². The monoisotopic (exact) mass is 517 g/mol. The van der Waals surface area contributed by atoms with Crippen LogP contribution in [0.1, 0.15) is 59.0 Å². The Hall–Kier alpha value is -3.20. The lowest BCUT2D eigenvalue weighted by Gasteiger charge is -2.16. The van der Waals surface area contributed by atoms with Gasteiger partial charge >= 0.3 is 12.1 Å². The minimum atomic E-state index is -4.95. The van der Waals surface area contributed by atoms with Crippen LogP contribution in [0.3, 0.4) is 0 Å². The minimum absolute atomic E-state index is 0.0628. The van der Waals surface area contributed by atoms with Crippen molar-refractivity contribution in [2.45, 2.75) is 60.0 Å². The Labute approximate surface area is 206 Å². The van der Waals surface area contributed by atoms with E-state index in [0.717, 1.165) is 35.6 Å². The first-order valence-corrected chi connectivity index (χ1v) is 13.1. The summed E-state index contributed by atoms with van der Waals surface area (Å²) < 4.78 is 79.5. The summed E-state index contributed by atoms with van der Waals surface area (Å²) in [6.45, 7) is 0. The average molecular weight is 518 g/mol. The number of sulfone groups is 1. The minimum Gasteiger partial charge on any atom is -0.341 e. The number of benzene rings is 3. The van der Waals surface area contributed by atoms with Crippen molar-refractivity contribution in [2.24, 2.45) is 0 Å². The molecule has 3 aromatic rings. The Balaban J connectivity index is 1.46. The van der Waals surface area contributed by atoms with E-state index in [1.54, 1.807) is 24.3 Å². The lowest BCUT2D eigenvalue weighted by molar-refractivity contribution is -0.174. The predicted octanol–water partition coefficient (Wildman–Crippen LogP) is 5.79. The standard InChI is InChI=1S/C27H23F4NO3S/c28-22-3-1-2-4-24(22)36(34,35)25-15-18(17-6-7-17)8-9-20(25)14-16-5-11-21-19(13-16)10-12-23(21)32-26(33)27(29,30)31/h1-5,8-9,11,13,15,17,23H,6-7,10,12,14H2,(H,32,33). The van der Waals surface area contributed by atoms with E-state index in [4.69, 9.17) is 0 Å². The Kier molecular flexibility index (Phi) is 6.14. The van der Waals surface area contributed by atoms with Crippen molar-refractivity contribution in [3.05, 3.63) is 94.3 Å². The van der Waals surface area contributed by atoms with E-state index in [9.17, 15) is 30.8 Å². The molecule has 1 atom stereocenters. The molecule has 0 aliphatic heterocycles. The third-order valence-electron chi connectivity index (χ3n) is 6.80. The SMILES string of the molecule is O=C(NC1CCc2cc(Cc3ccc(C4CC4)cc3S(=O)(=O)c3ccccc3F)ccc21)C(F)(F)F. The molecule has 1 amide bonds. The summed E-state index contributed by atoms with van der Waals surface area (Å²) in [5.74, 6) is -2.48. The van der Waals surface area contributed by atoms with Gasteiger partial charge in [0.1, 0.15) is 10.7 Å². The van der Waals surface area contributed by atoms with Gasteiger partial charge in [-0.2, -0.15) is 13.2 Å². The number of carbonyl (C=O) groups is 1. The van der Waals surface area contributed by atoms with Gasteiger partial charge in [0.15, 0.2) is 0 Å². The fraction of sp³-hybridized carbons (Fsp3) is 0.296. The number of aryl methyl sites for hydroxylation is 1. The number of fused-ring (bicyclic) bond motifs is 1. The lowest BCUT2D eigenvalue weighted by Crippen LogP contribution is -2.38. The zero-order valence-electron chi connectivity index (χ0n) is 19.1. The number of hydrogen-bond donors (Lipinski definition) is 1. The van der Waals surface area contributed by atoms with Gasteiger partial charge < -0.3 is 5.32 Å². The molecule has 0 bridgehead atoms. The van der Waals surface area contributed by atoms with Crippen LogP contribution < -0.4 is 5.32 Å². The van der Waals surface area contributed by atoms with Crippen LogP contribution in [0.15, 0.2) is 70.5 Å². The van der Waals surface area contributed by atoms with Crippen LogP contribution >= 0.6 is 0 Å². The van der Waals surface area contributed by atoms with Crippen molar-refractivity contribution in [1.82, 2.24) is 5.32 Å². The van der Waals surface area contributed by atoms with Crippen molar-refractivity contribution in [3.63, 3.8) is 0 Å². The fourth-order valence-electron chi connectivity index (χ4n) is 4.81. The van der Waals surface area contributed by atoms with E-state index < -0.39 is 33.8 Å². The number of carbonyl (C=O) groups excluding carboxylic acids is 1. The van der Waals surface area contributed by atoms with Gasteiger partial charge in [0, 0.05) is 0 Å². The summed E-state index contributed by atoms with van der Waals surface area (Å²) in [6.07, 6.45) is -1.89. The van der Waals surface area contributed by atoms with Gasteiger partial charge in [0.2, 0.25) is 9.84 Å². The van der Waals surface area contributed by atoms with Crippen molar-refractivity contribution in [2.75, 3.05) is 0 Å². The van der Waals surface area contributed by atoms with Gasteiger partial charge in [-0.3, -0.25) is 4.79 Å². The van der Waals surface area contributed by atoms with Crippen LogP contribution in [0.5, 0.6) is 0 Å². The third kappa shape index (κ3) is 4.76. The zero-order chi connectivity index (χ0) is 25.7. The number of nitrogens with one attached hydrogen (secondary N) is 1. The molecular weight excluding hydrogens is 494 g/mol. The number of rotatable bonds is 6. The molecule has 1 fully saturated rings. The fourth-order valence-corrected chi connectivity index (χ4v) is 6.41. The van der Waals surface area contributed by atoms with E-state index in [2.05, 4.69) is 0 Å². The van der Waals surface area contributed by atoms with Gasteiger partial charge in [0.05, 0.1) is 10.9 Å². The van der Waals surface area contributed by atoms with E-state index in [1.165, 1.54) is 18.2 Å². The molecule has 5 rings (SSSR count).